The molecular weight excluding hydrogens is 338 g/mol. The van der Waals surface area contributed by atoms with Gasteiger partial charge in [0.1, 0.15) is 5.82 Å². The maximum atomic E-state index is 8.84. The molecule has 108 valence electrons. The maximum Gasteiger partial charge on any atom is 0.113 e. The van der Waals surface area contributed by atoms with E-state index in [2.05, 4.69) is 43.7 Å². The van der Waals surface area contributed by atoms with Crippen molar-refractivity contribution in [3.8, 4) is 6.07 Å². The van der Waals surface area contributed by atoms with Crippen molar-refractivity contribution in [2.45, 2.75) is 13.0 Å². The van der Waals surface area contributed by atoms with E-state index < -0.39 is 0 Å². The van der Waals surface area contributed by atoms with E-state index in [9.17, 15) is 0 Å². The molecule has 0 aliphatic heterocycles. The van der Waals surface area contributed by atoms with Gasteiger partial charge in [0.2, 0.25) is 0 Å². The summed E-state index contributed by atoms with van der Waals surface area (Å²) in [5, 5.41) is 8.84. The molecule has 4 heteroatoms. The van der Waals surface area contributed by atoms with Crippen molar-refractivity contribution >= 4 is 15.9 Å². The number of imidazole rings is 1. The zero-order valence-electron chi connectivity index (χ0n) is 11.9. The SMILES string of the molecule is N#Cc1ccc(Cn2ccnc2Cc2ccc(Br)cc2)cc1. The number of hydrogen-bond donors (Lipinski definition) is 0. The number of rotatable bonds is 4. The van der Waals surface area contributed by atoms with Gasteiger partial charge in [-0.3, -0.25) is 0 Å². The molecule has 3 aromatic rings. The van der Waals surface area contributed by atoms with Crippen LogP contribution in [-0.4, -0.2) is 9.55 Å². The lowest BCUT2D eigenvalue weighted by atomic mass is 10.1. The Morgan fingerprint density at radius 2 is 1.68 bits per heavy atom. The second-order valence-electron chi connectivity index (χ2n) is 5.08. The zero-order chi connectivity index (χ0) is 15.4. The van der Waals surface area contributed by atoms with E-state index in [4.69, 9.17) is 5.26 Å². The fraction of sp³-hybridized carbons (Fsp3) is 0.111. The van der Waals surface area contributed by atoms with Gasteiger partial charge in [-0.15, -0.1) is 0 Å². The number of hydrogen-bond acceptors (Lipinski definition) is 2. The Hall–Kier alpha value is -2.38. The predicted molar refractivity (Wildman–Crippen MR) is 89.4 cm³/mol. The van der Waals surface area contributed by atoms with Crippen LogP contribution in [0.4, 0.5) is 0 Å². The first-order chi connectivity index (χ1) is 10.7. The minimum Gasteiger partial charge on any atom is -0.330 e. The summed E-state index contributed by atoms with van der Waals surface area (Å²) in [5.74, 6) is 1.03. The lowest BCUT2D eigenvalue weighted by Crippen LogP contribution is -2.05. The van der Waals surface area contributed by atoms with E-state index in [1.54, 1.807) is 0 Å². The first-order valence-electron chi connectivity index (χ1n) is 6.98. The molecule has 0 saturated carbocycles. The Labute approximate surface area is 138 Å². The van der Waals surface area contributed by atoms with Gasteiger partial charge >= 0.3 is 0 Å². The summed E-state index contributed by atoms with van der Waals surface area (Å²) in [7, 11) is 0. The minimum atomic E-state index is 0.685. The van der Waals surface area contributed by atoms with Gasteiger partial charge in [0.25, 0.3) is 0 Å². The minimum absolute atomic E-state index is 0.685. The summed E-state index contributed by atoms with van der Waals surface area (Å²) >= 11 is 3.45. The fourth-order valence-electron chi connectivity index (χ4n) is 2.32. The Morgan fingerprint density at radius 1 is 1.00 bits per heavy atom. The molecule has 2 aromatic carbocycles. The first-order valence-corrected chi connectivity index (χ1v) is 7.77. The predicted octanol–water partition coefficient (Wildman–Crippen LogP) is 4.16. The quantitative estimate of drug-likeness (QED) is 0.708. The molecule has 3 rings (SSSR count). The highest BCUT2D eigenvalue weighted by molar-refractivity contribution is 9.10. The molecule has 0 aliphatic rings. The third-order valence-corrected chi connectivity index (χ3v) is 4.04. The standard InChI is InChI=1S/C18H14BrN3/c19-17-7-5-14(6-8-17)11-18-21-9-10-22(18)13-16-3-1-15(12-20)2-4-16/h1-10H,11,13H2. The van der Waals surface area contributed by atoms with Crippen LogP contribution >= 0.6 is 15.9 Å². The number of aromatic nitrogens is 2. The summed E-state index contributed by atoms with van der Waals surface area (Å²) in [4.78, 5) is 4.46. The normalized spacial score (nSPS) is 10.4. The first kappa shape index (κ1) is 14.6. The zero-order valence-corrected chi connectivity index (χ0v) is 13.5. The molecule has 0 spiro atoms. The molecule has 3 nitrogen and oxygen atoms in total. The van der Waals surface area contributed by atoms with E-state index in [1.807, 2.05) is 48.8 Å². The van der Waals surface area contributed by atoms with Crippen LogP contribution in [0.1, 0.15) is 22.5 Å². The van der Waals surface area contributed by atoms with E-state index in [0.29, 0.717) is 5.56 Å². The van der Waals surface area contributed by atoms with Crippen molar-refractivity contribution in [2.24, 2.45) is 0 Å². The van der Waals surface area contributed by atoms with Crippen molar-refractivity contribution in [1.29, 1.82) is 5.26 Å². The summed E-state index contributed by atoms with van der Waals surface area (Å²) < 4.78 is 3.22. The van der Waals surface area contributed by atoms with Gasteiger partial charge in [-0.1, -0.05) is 40.2 Å². The van der Waals surface area contributed by atoms with Crippen molar-refractivity contribution < 1.29 is 0 Å². The van der Waals surface area contributed by atoms with Gasteiger partial charge in [0.15, 0.2) is 0 Å². The Kier molecular flexibility index (Phi) is 4.36. The van der Waals surface area contributed by atoms with E-state index >= 15 is 0 Å². The van der Waals surface area contributed by atoms with Crippen LogP contribution in [0.3, 0.4) is 0 Å². The van der Waals surface area contributed by atoms with Gasteiger partial charge in [-0.05, 0) is 35.4 Å². The molecule has 0 atom stereocenters. The lowest BCUT2D eigenvalue weighted by Gasteiger charge is -2.08. The molecule has 0 bridgehead atoms. The summed E-state index contributed by atoms with van der Waals surface area (Å²) in [5.41, 5.74) is 3.08. The fourth-order valence-corrected chi connectivity index (χ4v) is 2.58. The summed E-state index contributed by atoms with van der Waals surface area (Å²) in [6, 6.07) is 18.1. The molecule has 1 heterocycles. The van der Waals surface area contributed by atoms with Crippen LogP contribution in [0.2, 0.25) is 0 Å². The number of halogens is 1. The second kappa shape index (κ2) is 6.59. The Morgan fingerprint density at radius 3 is 2.36 bits per heavy atom. The highest BCUT2D eigenvalue weighted by atomic mass is 79.9. The molecule has 0 radical (unpaired) electrons. The average molecular weight is 352 g/mol. The maximum absolute atomic E-state index is 8.84. The van der Waals surface area contributed by atoms with Gasteiger partial charge < -0.3 is 4.57 Å². The van der Waals surface area contributed by atoms with Crippen molar-refractivity contribution in [3.05, 3.63) is 87.9 Å². The second-order valence-corrected chi connectivity index (χ2v) is 6.00. The third kappa shape index (κ3) is 3.44. The molecular formula is C18H14BrN3. The van der Waals surface area contributed by atoms with E-state index in [1.165, 1.54) is 5.56 Å². The van der Waals surface area contributed by atoms with Crippen LogP contribution < -0.4 is 0 Å². The van der Waals surface area contributed by atoms with Gasteiger partial charge in [0.05, 0.1) is 11.6 Å². The van der Waals surface area contributed by atoms with E-state index in [0.717, 1.165) is 28.8 Å². The Bertz CT molecular complexity index is 796. The summed E-state index contributed by atoms with van der Waals surface area (Å²) in [6.45, 7) is 0.761. The van der Waals surface area contributed by atoms with E-state index in [-0.39, 0.29) is 0 Å². The Balaban J connectivity index is 1.76. The van der Waals surface area contributed by atoms with Gasteiger partial charge in [-0.2, -0.15) is 5.26 Å². The van der Waals surface area contributed by atoms with Crippen LogP contribution in [0.5, 0.6) is 0 Å². The summed E-state index contributed by atoms with van der Waals surface area (Å²) in [6.07, 6.45) is 4.63. The average Bonchev–Trinajstić information content (AvgIpc) is 2.97. The largest absolute Gasteiger partial charge is 0.330 e. The highest BCUT2D eigenvalue weighted by Gasteiger charge is 2.05. The van der Waals surface area contributed by atoms with Gasteiger partial charge in [-0.25, -0.2) is 4.98 Å². The van der Waals surface area contributed by atoms with Gasteiger partial charge in [0, 0.05) is 29.8 Å². The molecule has 22 heavy (non-hydrogen) atoms. The molecule has 0 fully saturated rings. The number of nitriles is 1. The third-order valence-electron chi connectivity index (χ3n) is 3.51. The molecule has 0 aliphatic carbocycles. The molecule has 0 N–H and O–H groups in total. The molecule has 1 aromatic heterocycles. The number of nitrogens with zero attached hydrogens (tertiary/aromatic N) is 3. The van der Waals surface area contributed by atoms with Crippen molar-refractivity contribution in [3.63, 3.8) is 0 Å². The molecule has 0 saturated heterocycles. The smallest absolute Gasteiger partial charge is 0.113 e. The van der Waals surface area contributed by atoms with Crippen LogP contribution in [0.15, 0.2) is 65.4 Å². The monoisotopic (exact) mass is 351 g/mol. The lowest BCUT2D eigenvalue weighted by molar-refractivity contribution is 0.740. The molecule has 0 amide bonds. The highest BCUT2D eigenvalue weighted by Crippen LogP contribution is 2.14. The molecule has 0 unspecified atom stereocenters. The van der Waals surface area contributed by atoms with Crippen LogP contribution in [-0.2, 0) is 13.0 Å². The van der Waals surface area contributed by atoms with Crippen molar-refractivity contribution in [2.75, 3.05) is 0 Å². The number of benzene rings is 2. The van der Waals surface area contributed by atoms with Crippen LogP contribution in [0.25, 0.3) is 0 Å². The van der Waals surface area contributed by atoms with Crippen molar-refractivity contribution in [1.82, 2.24) is 9.55 Å². The van der Waals surface area contributed by atoms with Crippen LogP contribution in [0, 0.1) is 11.3 Å². The topological polar surface area (TPSA) is 41.6 Å².